The number of carbonyl (C=O) groups is 1. The molecule has 1 atom stereocenters. The monoisotopic (exact) mass is 261 g/mol. The molecule has 1 fully saturated rings. The molecule has 2 aliphatic heterocycles. The third kappa shape index (κ3) is 2.40. The highest BCUT2D eigenvalue weighted by Gasteiger charge is 2.30. The maximum absolute atomic E-state index is 12.6. The van der Waals surface area contributed by atoms with Gasteiger partial charge in [-0.2, -0.15) is 0 Å². The average molecular weight is 261 g/mol. The van der Waals surface area contributed by atoms with E-state index < -0.39 is 0 Å². The first-order valence-electron chi connectivity index (χ1n) is 7.45. The van der Waals surface area contributed by atoms with Crippen molar-refractivity contribution >= 4 is 5.91 Å². The van der Waals surface area contributed by atoms with Crippen LogP contribution in [0.25, 0.3) is 0 Å². The van der Waals surface area contributed by atoms with Crippen LogP contribution in [0.3, 0.4) is 0 Å². The standard InChI is InChI=1S/C15H23N3O/c1-11-3-6-17(7-4-11)15(19)13-5-8-18-12(2)16-10-14(18)9-13/h10-11,13H,3-9H2,1-2H3. The summed E-state index contributed by atoms with van der Waals surface area (Å²) in [5.74, 6) is 2.40. The number of amides is 1. The molecule has 1 saturated heterocycles. The van der Waals surface area contributed by atoms with Gasteiger partial charge >= 0.3 is 0 Å². The van der Waals surface area contributed by atoms with Gasteiger partial charge in [-0.05, 0) is 32.1 Å². The molecule has 1 aromatic rings. The van der Waals surface area contributed by atoms with Gasteiger partial charge in [-0.15, -0.1) is 0 Å². The van der Waals surface area contributed by atoms with Crippen LogP contribution in [-0.4, -0.2) is 33.4 Å². The van der Waals surface area contributed by atoms with Crippen LogP contribution in [0.2, 0.25) is 0 Å². The first-order valence-corrected chi connectivity index (χ1v) is 7.45. The largest absolute Gasteiger partial charge is 0.342 e. The van der Waals surface area contributed by atoms with Crippen molar-refractivity contribution in [2.24, 2.45) is 11.8 Å². The second kappa shape index (κ2) is 4.99. The lowest BCUT2D eigenvalue weighted by Crippen LogP contribution is -2.43. The van der Waals surface area contributed by atoms with Gasteiger partial charge in [-0.1, -0.05) is 6.92 Å². The molecular formula is C15H23N3O. The summed E-state index contributed by atoms with van der Waals surface area (Å²) in [5, 5.41) is 0. The molecule has 0 N–H and O–H groups in total. The summed E-state index contributed by atoms with van der Waals surface area (Å²) in [6, 6.07) is 0. The van der Waals surface area contributed by atoms with E-state index in [-0.39, 0.29) is 5.92 Å². The van der Waals surface area contributed by atoms with Gasteiger partial charge < -0.3 is 9.47 Å². The van der Waals surface area contributed by atoms with E-state index >= 15 is 0 Å². The highest BCUT2D eigenvalue weighted by Crippen LogP contribution is 2.25. The quantitative estimate of drug-likeness (QED) is 0.775. The SMILES string of the molecule is Cc1ncc2n1CCC(C(=O)N1CCC(C)CC1)C2. The van der Waals surface area contributed by atoms with Gasteiger partial charge in [-0.3, -0.25) is 4.79 Å². The number of carbonyl (C=O) groups excluding carboxylic acids is 1. The molecule has 1 aromatic heterocycles. The van der Waals surface area contributed by atoms with Crippen molar-refractivity contribution in [1.82, 2.24) is 14.5 Å². The summed E-state index contributed by atoms with van der Waals surface area (Å²) in [4.78, 5) is 19.0. The van der Waals surface area contributed by atoms with E-state index in [2.05, 4.69) is 21.4 Å². The number of piperidine rings is 1. The average Bonchev–Trinajstić information content (AvgIpc) is 2.80. The molecule has 4 heteroatoms. The van der Waals surface area contributed by atoms with Crippen LogP contribution >= 0.6 is 0 Å². The van der Waals surface area contributed by atoms with Crippen molar-refractivity contribution in [3.8, 4) is 0 Å². The van der Waals surface area contributed by atoms with Crippen LogP contribution in [0.1, 0.15) is 37.7 Å². The van der Waals surface area contributed by atoms with Gasteiger partial charge in [0.25, 0.3) is 0 Å². The number of hydrogen-bond acceptors (Lipinski definition) is 2. The Labute approximate surface area is 114 Å². The zero-order valence-electron chi connectivity index (χ0n) is 11.9. The van der Waals surface area contributed by atoms with Gasteiger partial charge in [0.05, 0.1) is 0 Å². The lowest BCUT2D eigenvalue weighted by molar-refractivity contribution is -0.137. The number of imidazole rings is 1. The summed E-state index contributed by atoms with van der Waals surface area (Å²) < 4.78 is 2.25. The third-order valence-corrected chi connectivity index (χ3v) is 4.74. The summed E-state index contributed by atoms with van der Waals surface area (Å²) in [7, 11) is 0. The minimum atomic E-state index is 0.178. The Kier molecular flexibility index (Phi) is 3.33. The third-order valence-electron chi connectivity index (χ3n) is 4.74. The predicted octanol–water partition coefficient (Wildman–Crippen LogP) is 2.01. The second-order valence-corrected chi connectivity index (χ2v) is 6.15. The van der Waals surface area contributed by atoms with E-state index in [4.69, 9.17) is 0 Å². The van der Waals surface area contributed by atoms with Crippen LogP contribution in [0.5, 0.6) is 0 Å². The molecule has 0 aromatic carbocycles. The number of aromatic nitrogens is 2. The topological polar surface area (TPSA) is 38.1 Å². The van der Waals surface area contributed by atoms with Crippen molar-refractivity contribution in [3.05, 3.63) is 17.7 Å². The van der Waals surface area contributed by atoms with Crippen molar-refractivity contribution in [3.63, 3.8) is 0 Å². The molecular weight excluding hydrogens is 238 g/mol. The maximum Gasteiger partial charge on any atom is 0.226 e. The minimum absolute atomic E-state index is 0.178. The van der Waals surface area contributed by atoms with Crippen molar-refractivity contribution in [1.29, 1.82) is 0 Å². The van der Waals surface area contributed by atoms with E-state index in [1.54, 1.807) is 0 Å². The van der Waals surface area contributed by atoms with E-state index in [1.165, 1.54) is 5.69 Å². The number of hydrogen-bond donors (Lipinski definition) is 0. The molecule has 0 radical (unpaired) electrons. The Balaban J connectivity index is 1.66. The maximum atomic E-state index is 12.6. The van der Waals surface area contributed by atoms with Gasteiger partial charge in [0.1, 0.15) is 5.82 Å². The van der Waals surface area contributed by atoms with E-state index in [9.17, 15) is 4.79 Å². The fourth-order valence-corrected chi connectivity index (χ4v) is 3.32. The van der Waals surface area contributed by atoms with Crippen molar-refractivity contribution in [2.75, 3.05) is 13.1 Å². The highest BCUT2D eigenvalue weighted by molar-refractivity contribution is 5.79. The molecule has 0 aliphatic carbocycles. The molecule has 4 nitrogen and oxygen atoms in total. The van der Waals surface area contributed by atoms with Crippen molar-refractivity contribution < 1.29 is 4.79 Å². The molecule has 3 heterocycles. The lowest BCUT2D eigenvalue weighted by Gasteiger charge is -2.34. The predicted molar refractivity (Wildman–Crippen MR) is 73.8 cm³/mol. The van der Waals surface area contributed by atoms with Gasteiger partial charge in [0.2, 0.25) is 5.91 Å². The number of nitrogens with zero attached hydrogens (tertiary/aromatic N) is 3. The molecule has 0 spiro atoms. The number of fused-ring (bicyclic) bond motifs is 1. The smallest absolute Gasteiger partial charge is 0.226 e. The van der Waals surface area contributed by atoms with Crippen LogP contribution in [0.4, 0.5) is 0 Å². The van der Waals surface area contributed by atoms with Crippen LogP contribution in [0.15, 0.2) is 6.20 Å². The van der Waals surface area contributed by atoms with Crippen LogP contribution in [0, 0.1) is 18.8 Å². The highest BCUT2D eigenvalue weighted by atomic mass is 16.2. The fraction of sp³-hybridized carbons (Fsp3) is 0.733. The zero-order valence-corrected chi connectivity index (χ0v) is 11.9. The van der Waals surface area contributed by atoms with Crippen LogP contribution < -0.4 is 0 Å². The first kappa shape index (κ1) is 12.7. The Morgan fingerprint density at radius 3 is 2.74 bits per heavy atom. The molecule has 1 amide bonds. The molecule has 1 unspecified atom stereocenters. The van der Waals surface area contributed by atoms with Gasteiger partial charge in [-0.25, -0.2) is 4.98 Å². The zero-order chi connectivity index (χ0) is 13.4. The van der Waals surface area contributed by atoms with Gasteiger partial charge in [0, 0.05) is 43.9 Å². The normalized spacial score (nSPS) is 24.3. The molecule has 3 rings (SSSR count). The first-order chi connectivity index (χ1) is 9.15. The summed E-state index contributed by atoms with van der Waals surface area (Å²) in [5.41, 5.74) is 1.23. The second-order valence-electron chi connectivity index (χ2n) is 6.15. The Bertz CT molecular complexity index is 472. The summed E-state index contributed by atoms with van der Waals surface area (Å²) in [6.45, 7) is 7.17. The van der Waals surface area contributed by atoms with Crippen molar-refractivity contribution in [2.45, 2.75) is 46.1 Å². The Morgan fingerprint density at radius 2 is 2.00 bits per heavy atom. The molecule has 0 bridgehead atoms. The van der Waals surface area contributed by atoms with E-state index in [0.29, 0.717) is 5.91 Å². The Morgan fingerprint density at radius 1 is 1.26 bits per heavy atom. The summed E-state index contributed by atoms with van der Waals surface area (Å²) in [6.07, 6.45) is 6.10. The number of aryl methyl sites for hydroxylation is 1. The van der Waals surface area contributed by atoms with Crippen LogP contribution in [-0.2, 0) is 17.8 Å². The molecule has 0 saturated carbocycles. The molecule has 19 heavy (non-hydrogen) atoms. The fourth-order valence-electron chi connectivity index (χ4n) is 3.32. The number of rotatable bonds is 1. The summed E-state index contributed by atoms with van der Waals surface area (Å²) >= 11 is 0. The van der Waals surface area contributed by atoms with E-state index in [1.807, 2.05) is 13.1 Å². The van der Waals surface area contributed by atoms with Gasteiger partial charge in [0.15, 0.2) is 0 Å². The number of likely N-dealkylation sites (tertiary alicyclic amines) is 1. The molecule has 2 aliphatic rings. The van der Waals surface area contributed by atoms with E-state index in [0.717, 1.165) is 57.1 Å². The molecule has 104 valence electrons. The lowest BCUT2D eigenvalue weighted by atomic mass is 9.92. The minimum Gasteiger partial charge on any atom is -0.342 e. The Hall–Kier alpha value is -1.32.